The van der Waals surface area contributed by atoms with Crippen molar-refractivity contribution in [3.63, 3.8) is 0 Å². The van der Waals surface area contributed by atoms with Crippen LogP contribution in [0.15, 0.2) is 12.2 Å². The van der Waals surface area contributed by atoms with Gasteiger partial charge in [-0.3, -0.25) is 0 Å². The number of hydrogen-bond donors (Lipinski definition) is 0. The Labute approximate surface area is 149 Å². The van der Waals surface area contributed by atoms with Crippen molar-refractivity contribution < 1.29 is 4.79 Å². The first-order chi connectivity index (χ1) is 11.9. The van der Waals surface area contributed by atoms with E-state index >= 15 is 0 Å². The molecule has 1 unspecified atom stereocenters. The molecule has 0 spiro atoms. The largest absolute Gasteiger partial charge is 0.362 e. The molecular weight excluding hydrogens is 292 g/mol. The van der Waals surface area contributed by atoms with Crippen LogP contribution in [0.2, 0.25) is 0 Å². The quantitative estimate of drug-likeness (QED) is 0.279. The topological polar surface area (TPSA) is 36.4 Å². The Morgan fingerprint density at radius 2 is 1.25 bits per heavy atom. The summed E-state index contributed by atoms with van der Waals surface area (Å²) in [6.07, 6.45) is 26.9. The molecular formula is C22H38N2. The van der Waals surface area contributed by atoms with Crippen LogP contribution in [0.3, 0.4) is 0 Å². The molecule has 0 aliphatic heterocycles. The van der Waals surface area contributed by atoms with E-state index in [-0.39, 0.29) is 0 Å². The van der Waals surface area contributed by atoms with E-state index in [1.165, 1.54) is 103 Å². The van der Waals surface area contributed by atoms with Crippen LogP contribution in [0.5, 0.6) is 0 Å². The monoisotopic (exact) mass is 330 g/mol. The second kappa shape index (κ2) is 12.5. The maximum absolute atomic E-state index is 9.69. The lowest BCUT2D eigenvalue weighted by Crippen LogP contribution is -2.25. The van der Waals surface area contributed by atoms with Crippen LogP contribution in [-0.4, -0.2) is 10.5 Å². The zero-order valence-electron chi connectivity index (χ0n) is 15.7. The summed E-state index contributed by atoms with van der Waals surface area (Å²) < 4.78 is 0. The van der Waals surface area contributed by atoms with Crippen molar-refractivity contribution in [1.82, 2.24) is 0 Å². The summed E-state index contributed by atoms with van der Waals surface area (Å²) in [4.78, 5) is 3.82. The summed E-state index contributed by atoms with van der Waals surface area (Å²) in [6, 6.07) is 0. The first-order valence-corrected chi connectivity index (χ1v) is 10.8. The molecule has 0 bridgehead atoms. The molecule has 1 saturated carbocycles. The second-order valence-electron chi connectivity index (χ2n) is 8.01. The van der Waals surface area contributed by atoms with Gasteiger partial charge in [-0.2, -0.15) is 4.79 Å². The third-order valence-electron chi connectivity index (χ3n) is 6.13. The van der Waals surface area contributed by atoms with Gasteiger partial charge < -0.3 is 5.53 Å². The van der Waals surface area contributed by atoms with Crippen LogP contribution in [0.1, 0.15) is 109 Å². The molecule has 2 aliphatic carbocycles. The lowest BCUT2D eigenvalue weighted by molar-refractivity contribution is -0.0203. The van der Waals surface area contributed by atoms with Crippen LogP contribution < -0.4 is 0 Å². The van der Waals surface area contributed by atoms with Gasteiger partial charge in [-0.25, -0.2) is 0 Å². The molecule has 0 aromatic rings. The molecule has 0 aromatic heterocycles. The Morgan fingerprint density at radius 3 is 1.88 bits per heavy atom. The second-order valence-corrected chi connectivity index (χ2v) is 8.01. The molecule has 2 heteroatoms. The van der Waals surface area contributed by atoms with E-state index in [1.807, 2.05) is 0 Å². The SMILES string of the molecule is [N-]=[N+]=C1CCCCC=CCCCC1C1CCCCCCCCCC1. The maximum atomic E-state index is 9.69. The summed E-state index contributed by atoms with van der Waals surface area (Å²) in [5, 5.41) is 0. The highest BCUT2D eigenvalue weighted by molar-refractivity contribution is 5.81. The molecule has 1 atom stereocenters. The standard InChI is InChI=1S/C22H38N2/c23-24-22-19-15-11-7-3-6-10-14-18-21(22)20-16-12-8-4-1-2-5-9-13-17-20/h3,6,20-21H,1-2,4-5,7-19H2. The van der Waals surface area contributed by atoms with E-state index in [9.17, 15) is 5.53 Å². The average Bonchev–Trinajstić information content (AvgIpc) is 2.70. The van der Waals surface area contributed by atoms with Crippen LogP contribution in [0.4, 0.5) is 0 Å². The fraction of sp³-hybridized carbons (Fsp3) is 0.864. The Morgan fingerprint density at radius 1 is 0.667 bits per heavy atom. The van der Waals surface area contributed by atoms with E-state index in [0.717, 1.165) is 18.1 Å². The van der Waals surface area contributed by atoms with E-state index in [2.05, 4.69) is 16.9 Å². The third kappa shape index (κ3) is 7.34. The van der Waals surface area contributed by atoms with Gasteiger partial charge in [0.1, 0.15) is 0 Å². The minimum absolute atomic E-state index is 0.530. The molecule has 2 aliphatic rings. The Balaban J connectivity index is 2.03. The van der Waals surface area contributed by atoms with Crippen molar-refractivity contribution in [3.8, 4) is 0 Å². The minimum atomic E-state index is 0.530. The van der Waals surface area contributed by atoms with Gasteiger partial charge in [-0.1, -0.05) is 63.5 Å². The Bertz CT molecular complexity index is 394. The van der Waals surface area contributed by atoms with Crippen LogP contribution in [-0.2, 0) is 0 Å². The predicted octanol–water partition coefficient (Wildman–Crippen LogP) is 7.10. The van der Waals surface area contributed by atoms with Crippen molar-refractivity contribution in [2.24, 2.45) is 11.8 Å². The molecule has 136 valence electrons. The highest BCUT2D eigenvalue weighted by Gasteiger charge is 2.30. The molecule has 0 heterocycles. The highest BCUT2D eigenvalue weighted by atomic mass is 14.9. The summed E-state index contributed by atoms with van der Waals surface area (Å²) in [5.41, 5.74) is 10.8. The first kappa shape index (κ1) is 19.4. The van der Waals surface area contributed by atoms with Crippen molar-refractivity contribution in [1.29, 1.82) is 0 Å². The molecule has 24 heavy (non-hydrogen) atoms. The molecule has 1 fully saturated rings. The smallest absolute Gasteiger partial charge is 0.272 e. The number of rotatable bonds is 1. The van der Waals surface area contributed by atoms with Gasteiger partial charge in [0.2, 0.25) is 0 Å². The zero-order chi connectivity index (χ0) is 16.9. The molecule has 0 saturated heterocycles. The van der Waals surface area contributed by atoms with Gasteiger partial charge >= 0.3 is 0 Å². The molecule has 2 nitrogen and oxygen atoms in total. The molecule has 0 radical (unpaired) electrons. The molecule has 0 aromatic carbocycles. The zero-order valence-corrected chi connectivity index (χ0v) is 15.7. The van der Waals surface area contributed by atoms with Crippen LogP contribution in [0.25, 0.3) is 5.53 Å². The van der Waals surface area contributed by atoms with E-state index in [1.54, 1.807) is 0 Å². The summed E-state index contributed by atoms with van der Waals surface area (Å²) in [7, 11) is 0. The van der Waals surface area contributed by atoms with Gasteiger partial charge in [0.15, 0.2) is 0 Å². The van der Waals surface area contributed by atoms with Crippen molar-refractivity contribution in [2.75, 3.05) is 0 Å². The first-order valence-electron chi connectivity index (χ1n) is 10.8. The fourth-order valence-electron chi connectivity index (χ4n) is 4.66. The molecule has 0 N–H and O–H groups in total. The number of hydrogen-bond acceptors (Lipinski definition) is 0. The lowest BCUT2D eigenvalue weighted by atomic mass is 9.77. The van der Waals surface area contributed by atoms with Crippen LogP contribution >= 0.6 is 0 Å². The summed E-state index contributed by atoms with van der Waals surface area (Å²) in [5.74, 6) is 1.28. The molecule has 0 amide bonds. The summed E-state index contributed by atoms with van der Waals surface area (Å²) >= 11 is 0. The average molecular weight is 331 g/mol. The van der Waals surface area contributed by atoms with Gasteiger partial charge in [0, 0.05) is 6.42 Å². The van der Waals surface area contributed by atoms with Gasteiger partial charge in [-0.05, 0) is 57.3 Å². The number of allylic oxidation sites excluding steroid dienone is 2. The van der Waals surface area contributed by atoms with Gasteiger partial charge in [-0.15, -0.1) is 0 Å². The van der Waals surface area contributed by atoms with Crippen molar-refractivity contribution in [3.05, 3.63) is 17.7 Å². The fourth-order valence-corrected chi connectivity index (χ4v) is 4.66. The highest BCUT2D eigenvalue weighted by Crippen LogP contribution is 2.32. The molecule has 2 rings (SSSR count). The number of nitrogens with zero attached hydrogens (tertiary/aromatic N) is 2. The Hall–Kier alpha value is -0.880. The van der Waals surface area contributed by atoms with E-state index in [0.29, 0.717) is 5.92 Å². The van der Waals surface area contributed by atoms with Crippen molar-refractivity contribution in [2.45, 2.75) is 109 Å². The maximum Gasteiger partial charge on any atom is 0.272 e. The van der Waals surface area contributed by atoms with Gasteiger partial charge in [0.25, 0.3) is 5.71 Å². The minimum Gasteiger partial charge on any atom is -0.362 e. The van der Waals surface area contributed by atoms with E-state index < -0.39 is 0 Å². The van der Waals surface area contributed by atoms with Crippen molar-refractivity contribution >= 4 is 5.71 Å². The van der Waals surface area contributed by atoms with E-state index in [4.69, 9.17) is 0 Å². The lowest BCUT2D eigenvalue weighted by Gasteiger charge is -2.24. The Kier molecular flexibility index (Phi) is 10.1. The normalized spacial score (nSPS) is 26.8. The predicted molar refractivity (Wildman–Crippen MR) is 103 cm³/mol. The summed E-state index contributed by atoms with van der Waals surface area (Å²) in [6.45, 7) is 0. The van der Waals surface area contributed by atoms with Gasteiger partial charge in [0.05, 0.1) is 5.92 Å². The van der Waals surface area contributed by atoms with Crippen LogP contribution in [0, 0.1) is 11.8 Å². The third-order valence-corrected chi connectivity index (χ3v) is 6.13.